The third kappa shape index (κ3) is 2.74. The number of aliphatic hydroxyl groups excluding tert-OH is 1. The van der Waals surface area contributed by atoms with Crippen molar-refractivity contribution in [3.05, 3.63) is 31.8 Å². The number of rotatable bonds is 2. The van der Waals surface area contributed by atoms with E-state index in [0.29, 0.717) is 5.92 Å². The lowest BCUT2D eigenvalue weighted by atomic mass is 9.95. The van der Waals surface area contributed by atoms with Crippen LogP contribution in [0.4, 0.5) is 0 Å². The Labute approximate surface area is 113 Å². The summed E-state index contributed by atoms with van der Waals surface area (Å²) in [6.45, 7) is 0. The molecule has 1 aliphatic carbocycles. The van der Waals surface area contributed by atoms with Crippen LogP contribution in [0.15, 0.2) is 22.7 Å². The summed E-state index contributed by atoms with van der Waals surface area (Å²) in [5, 5.41) is 10.3. The summed E-state index contributed by atoms with van der Waals surface area (Å²) in [5.41, 5.74) is 1.08. The van der Waals surface area contributed by atoms with Crippen LogP contribution in [0.1, 0.15) is 37.4 Å². The first-order chi connectivity index (χ1) is 7.18. The van der Waals surface area contributed by atoms with E-state index in [4.69, 9.17) is 0 Å². The molecule has 1 unspecified atom stereocenters. The summed E-state index contributed by atoms with van der Waals surface area (Å²) in [4.78, 5) is 0. The molecule has 0 aliphatic heterocycles. The minimum absolute atomic E-state index is 0.281. The van der Waals surface area contributed by atoms with E-state index in [2.05, 4.69) is 44.6 Å². The molecule has 15 heavy (non-hydrogen) atoms. The van der Waals surface area contributed by atoms with Crippen LogP contribution < -0.4 is 0 Å². The lowest BCUT2D eigenvalue weighted by Gasteiger charge is -2.19. The summed E-state index contributed by atoms with van der Waals surface area (Å²) in [6.07, 6.45) is 4.60. The van der Waals surface area contributed by atoms with Crippen LogP contribution in [0.5, 0.6) is 0 Å². The van der Waals surface area contributed by atoms with E-state index in [1.165, 1.54) is 25.7 Å². The zero-order valence-electron chi connectivity index (χ0n) is 8.42. The molecule has 1 N–H and O–H groups in total. The quantitative estimate of drug-likeness (QED) is 0.759. The summed E-state index contributed by atoms with van der Waals surface area (Å²) in [5.74, 6) is 0.466. The molecule has 0 aromatic heterocycles. The van der Waals surface area contributed by atoms with Crippen LogP contribution in [0.25, 0.3) is 0 Å². The molecule has 3 heteroatoms. The zero-order valence-corrected chi connectivity index (χ0v) is 12.2. The fourth-order valence-electron chi connectivity index (χ4n) is 2.27. The van der Waals surface area contributed by atoms with Crippen molar-refractivity contribution in [2.24, 2.45) is 5.92 Å². The van der Waals surface area contributed by atoms with Crippen molar-refractivity contribution in [3.8, 4) is 0 Å². The van der Waals surface area contributed by atoms with Crippen molar-refractivity contribution in [1.82, 2.24) is 0 Å². The van der Waals surface area contributed by atoms with Crippen molar-refractivity contribution in [2.75, 3.05) is 0 Å². The first kappa shape index (κ1) is 11.9. The number of hydrogen-bond donors (Lipinski definition) is 1. The molecule has 0 saturated heterocycles. The molecule has 1 aromatic rings. The van der Waals surface area contributed by atoms with Gasteiger partial charge in [0, 0.05) is 8.04 Å². The molecule has 0 amide bonds. The van der Waals surface area contributed by atoms with Gasteiger partial charge in [-0.3, -0.25) is 0 Å². The Morgan fingerprint density at radius 3 is 2.67 bits per heavy atom. The fraction of sp³-hybridized carbons (Fsp3) is 0.500. The average molecular weight is 381 g/mol. The van der Waals surface area contributed by atoms with Crippen LogP contribution in [0.3, 0.4) is 0 Å². The van der Waals surface area contributed by atoms with Gasteiger partial charge in [0.25, 0.3) is 0 Å². The van der Waals surface area contributed by atoms with Gasteiger partial charge in [-0.2, -0.15) is 0 Å². The van der Waals surface area contributed by atoms with Crippen LogP contribution >= 0.6 is 38.5 Å². The number of halogens is 2. The molecule has 1 atom stereocenters. The van der Waals surface area contributed by atoms with Gasteiger partial charge in [0.1, 0.15) is 0 Å². The Bertz CT molecular complexity index is 347. The van der Waals surface area contributed by atoms with Gasteiger partial charge in [-0.1, -0.05) is 28.8 Å². The monoisotopic (exact) mass is 380 g/mol. The van der Waals surface area contributed by atoms with Gasteiger partial charge < -0.3 is 5.11 Å². The highest BCUT2D eigenvalue weighted by Crippen LogP contribution is 2.37. The van der Waals surface area contributed by atoms with E-state index >= 15 is 0 Å². The standard InChI is InChI=1S/C12H14BrIO/c13-9-5-6-11(14)10(7-9)12(15)8-3-1-2-4-8/h5-8,12,15H,1-4H2. The minimum Gasteiger partial charge on any atom is -0.388 e. The van der Waals surface area contributed by atoms with Crippen molar-refractivity contribution < 1.29 is 5.11 Å². The molecule has 1 saturated carbocycles. The molecule has 1 aromatic carbocycles. The maximum absolute atomic E-state index is 10.3. The Hall–Kier alpha value is 0.390. The average Bonchev–Trinajstić information content (AvgIpc) is 2.74. The molecule has 1 nitrogen and oxygen atoms in total. The fourth-order valence-corrected chi connectivity index (χ4v) is 3.30. The first-order valence-corrected chi connectivity index (χ1v) is 7.18. The largest absolute Gasteiger partial charge is 0.388 e. The van der Waals surface area contributed by atoms with Crippen molar-refractivity contribution in [2.45, 2.75) is 31.8 Å². The minimum atomic E-state index is -0.281. The molecule has 0 heterocycles. The van der Waals surface area contributed by atoms with Crippen molar-refractivity contribution in [3.63, 3.8) is 0 Å². The second-order valence-electron chi connectivity index (χ2n) is 4.16. The van der Waals surface area contributed by atoms with E-state index in [-0.39, 0.29) is 6.10 Å². The highest BCUT2D eigenvalue weighted by atomic mass is 127. The third-order valence-electron chi connectivity index (χ3n) is 3.12. The SMILES string of the molecule is OC(c1cc(Br)ccc1I)C1CCCC1. The molecule has 1 fully saturated rings. The summed E-state index contributed by atoms with van der Waals surface area (Å²) >= 11 is 5.76. The van der Waals surface area contributed by atoms with Gasteiger partial charge in [-0.05, 0) is 65.1 Å². The summed E-state index contributed by atoms with van der Waals surface area (Å²) in [6, 6.07) is 6.12. The second kappa shape index (κ2) is 5.15. The molecular weight excluding hydrogens is 367 g/mol. The molecule has 0 spiro atoms. The number of hydrogen-bond acceptors (Lipinski definition) is 1. The van der Waals surface area contributed by atoms with E-state index in [9.17, 15) is 5.11 Å². The van der Waals surface area contributed by atoms with Crippen LogP contribution in [0.2, 0.25) is 0 Å². The Kier molecular flexibility index (Phi) is 4.07. The Morgan fingerprint density at radius 1 is 1.33 bits per heavy atom. The number of benzene rings is 1. The maximum Gasteiger partial charge on any atom is 0.0828 e. The Balaban J connectivity index is 2.23. The molecule has 0 radical (unpaired) electrons. The molecule has 82 valence electrons. The van der Waals surface area contributed by atoms with Crippen molar-refractivity contribution in [1.29, 1.82) is 0 Å². The van der Waals surface area contributed by atoms with Gasteiger partial charge in [0.2, 0.25) is 0 Å². The van der Waals surface area contributed by atoms with Gasteiger partial charge >= 0.3 is 0 Å². The predicted octanol–water partition coefficient (Wildman–Crippen LogP) is 4.28. The first-order valence-electron chi connectivity index (χ1n) is 5.31. The number of aliphatic hydroxyl groups is 1. The van der Waals surface area contributed by atoms with Gasteiger partial charge in [0.05, 0.1) is 6.10 Å². The maximum atomic E-state index is 10.3. The van der Waals surface area contributed by atoms with E-state index in [1.54, 1.807) is 0 Å². The topological polar surface area (TPSA) is 20.2 Å². The zero-order chi connectivity index (χ0) is 10.8. The normalized spacial score (nSPS) is 19.4. The van der Waals surface area contributed by atoms with E-state index < -0.39 is 0 Å². The predicted molar refractivity (Wildman–Crippen MR) is 73.8 cm³/mol. The van der Waals surface area contributed by atoms with Gasteiger partial charge in [-0.25, -0.2) is 0 Å². The van der Waals surface area contributed by atoms with Crippen LogP contribution in [-0.2, 0) is 0 Å². The smallest absolute Gasteiger partial charge is 0.0828 e. The van der Waals surface area contributed by atoms with Gasteiger partial charge in [-0.15, -0.1) is 0 Å². The van der Waals surface area contributed by atoms with Crippen LogP contribution in [0, 0.1) is 9.49 Å². The summed E-state index contributed by atoms with van der Waals surface area (Å²) < 4.78 is 2.21. The third-order valence-corrected chi connectivity index (χ3v) is 4.60. The van der Waals surface area contributed by atoms with Gasteiger partial charge in [0.15, 0.2) is 0 Å². The molecule has 0 bridgehead atoms. The van der Waals surface area contributed by atoms with E-state index in [1.807, 2.05) is 12.1 Å². The highest BCUT2D eigenvalue weighted by Gasteiger charge is 2.25. The van der Waals surface area contributed by atoms with E-state index in [0.717, 1.165) is 13.6 Å². The lowest BCUT2D eigenvalue weighted by molar-refractivity contribution is 0.111. The Morgan fingerprint density at radius 2 is 2.00 bits per heavy atom. The second-order valence-corrected chi connectivity index (χ2v) is 6.23. The highest BCUT2D eigenvalue weighted by molar-refractivity contribution is 14.1. The molecular formula is C12H14BrIO. The van der Waals surface area contributed by atoms with Crippen LogP contribution in [-0.4, -0.2) is 5.11 Å². The van der Waals surface area contributed by atoms with Crippen molar-refractivity contribution >= 4 is 38.5 Å². The molecule has 1 aliphatic rings. The molecule has 2 rings (SSSR count). The lowest BCUT2D eigenvalue weighted by Crippen LogP contribution is -2.10. The summed E-state index contributed by atoms with van der Waals surface area (Å²) in [7, 11) is 0.